The van der Waals surface area contributed by atoms with Crippen LogP contribution in [0.2, 0.25) is 0 Å². The monoisotopic (exact) mass is 702 g/mol. The van der Waals surface area contributed by atoms with Gasteiger partial charge in [0, 0.05) is 74.6 Å². The van der Waals surface area contributed by atoms with Crippen molar-refractivity contribution in [3.05, 3.63) is 84.3 Å². The summed E-state index contributed by atoms with van der Waals surface area (Å²) < 4.78 is 17.9. The van der Waals surface area contributed by atoms with Crippen LogP contribution in [0, 0.1) is 34.6 Å². The highest BCUT2D eigenvalue weighted by atomic mass is 19.1. The Hall–Kier alpha value is -6.35. The van der Waals surface area contributed by atoms with Crippen LogP contribution >= 0.6 is 0 Å². The van der Waals surface area contributed by atoms with E-state index in [1.54, 1.807) is 26.6 Å². The lowest BCUT2D eigenvalue weighted by Crippen LogP contribution is -2.36. The van der Waals surface area contributed by atoms with Crippen molar-refractivity contribution in [3.8, 4) is 34.6 Å². The fourth-order valence-electron chi connectivity index (χ4n) is 6.37. The first-order valence-electron chi connectivity index (χ1n) is 17.1. The zero-order chi connectivity index (χ0) is 36.8. The van der Waals surface area contributed by atoms with Crippen LogP contribution in [0.4, 0.5) is 4.39 Å². The maximum absolute atomic E-state index is 14.2. The highest BCUT2D eigenvalue weighted by Crippen LogP contribution is 2.27. The second-order valence-corrected chi connectivity index (χ2v) is 13.4. The van der Waals surface area contributed by atoms with Gasteiger partial charge in [-0.3, -0.25) is 19.0 Å². The third-order valence-corrected chi connectivity index (χ3v) is 9.00. The lowest BCUT2D eigenvalue weighted by Gasteiger charge is -2.13. The SMILES string of the molecule is CC(C)Cn1nc(C(=O)N[C@@H]2CCN(C#N)C2)c2ccc(-c3cnn(C)c3)cc21.N#CN1CC[C@@H](NC(=O)c2ccc(-c3ccnnc3)cc2F)C1. The summed E-state index contributed by atoms with van der Waals surface area (Å²) in [5, 5.41) is 40.8. The molecule has 2 saturated heterocycles. The number of fused-ring (bicyclic) bond motifs is 1. The molecule has 2 fully saturated rings. The standard InChI is InChI=1S/C21H25N7O.C16H14FN5O/c1-14(2)10-28-19-8-15(16-9-23-26(3)11-16)4-5-18(19)20(25-28)21(29)24-17-6-7-27(12-17)13-22;17-15-7-11(12-3-5-19-20-8-12)1-2-14(15)16(23)21-13-4-6-22(9-13)10-18/h4-5,8-9,11,14,17H,6-7,10,12H2,1-3H3,(H,24,29);1-3,5,7-8,13H,4,6,9H2,(H,21,23)/t17-;13-/m11/s1. The third-order valence-electron chi connectivity index (χ3n) is 9.00. The van der Waals surface area contributed by atoms with Gasteiger partial charge in [0.15, 0.2) is 18.1 Å². The van der Waals surface area contributed by atoms with E-state index in [0.717, 1.165) is 40.6 Å². The molecule has 2 aromatic carbocycles. The van der Waals surface area contributed by atoms with E-state index in [-0.39, 0.29) is 23.6 Å². The van der Waals surface area contributed by atoms with Crippen LogP contribution in [0.25, 0.3) is 33.2 Å². The summed E-state index contributed by atoms with van der Waals surface area (Å²) in [4.78, 5) is 28.4. The molecule has 2 aliphatic rings. The quantitative estimate of drug-likeness (QED) is 0.226. The van der Waals surface area contributed by atoms with Gasteiger partial charge in [-0.1, -0.05) is 26.0 Å². The molecule has 14 nitrogen and oxygen atoms in total. The molecule has 5 aromatic rings. The van der Waals surface area contributed by atoms with Crippen molar-refractivity contribution in [2.24, 2.45) is 13.0 Å². The summed E-state index contributed by atoms with van der Waals surface area (Å²) in [6.45, 7) is 7.30. The number of aromatic nitrogens is 6. The molecule has 7 rings (SSSR count). The van der Waals surface area contributed by atoms with E-state index in [1.807, 2.05) is 42.4 Å². The number of likely N-dealkylation sites (tertiary alicyclic amines) is 2. The molecule has 0 aliphatic carbocycles. The molecule has 52 heavy (non-hydrogen) atoms. The molecule has 2 aliphatic heterocycles. The minimum atomic E-state index is -0.591. The van der Waals surface area contributed by atoms with Crippen molar-refractivity contribution < 1.29 is 14.0 Å². The van der Waals surface area contributed by atoms with Gasteiger partial charge in [-0.05, 0) is 60.2 Å². The van der Waals surface area contributed by atoms with Crippen LogP contribution in [-0.2, 0) is 13.6 Å². The normalized spacial score (nSPS) is 16.7. The van der Waals surface area contributed by atoms with E-state index < -0.39 is 11.7 Å². The molecule has 266 valence electrons. The van der Waals surface area contributed by atoms with Gasteiger partial charge in [0.2, 0.25) is 0 Å². The summed E-state index contributed by atoms with van der Waals surface area (Å²) in [5.74, 6) is -0.842. The van der Waals surface area contributed by atoms with Crippen molar-refractivity contribution in [2.75, 3.05) is 26.2 Å². The number of aryl methyl sites for hydroxylation is 1. The Kier molecular flexibility index (Phi) is 10.7. The first-order chi connectivity index (χ1) is 25.1. The van der Waals surface area contributed by atoms with E-state index in [9.17, 15) is 14.0 Å². The highest BCUT2D eigenvalue weighted by Gasteiger charge is 2.27. The fraction of sp³-hybridized carbons (Fsp3) is 0.351. The van der Waals surface area contributed by atoms with Crippen LogP contribution in [0.3, 0.4) is 0 Å². The molecule has 2 atom stereocenters. The summed E-state index contributed by atoms with van der Waals surface area (Å²) >= 11 is 0. The van der Waals surface area contributed by atoms with Gasteiger partial charge in [0.05, 0.1) is 29.7 Å². The third kappa shape index (κ3) is 8.16. The van der Waals surface area contributed by atoms with Crippen LogP contribution < -0.4 is 10.6 Å². The molecule has 0 bridgehead atoms. The molecule has 5 heterocycles. The molecule has 3 aromatic heterocycles. The number of hydrogen-bond acceptors (Lipinski definition) is 10. The van der Waals surface area contributed by atoms with E-state index in [1.165, 1.54) is 24.5 Å². The van der Waals surface area contributed by atoms with Gasteiger partial charge in [-0.2, -0.15) is 30.9 Å². The lowest BCUT2D eigenvalue weighted by atomic mass is 10.0. The van der Waals surface area contributed by atoms with Crippen LogP contribution in [0.1, 0.15) is 47.5 Å². The van der Waals surface area contributed by atoms with Crippen LogP contribution in [0.15, 0.2) is 67.3 Å². The zero-order valence-electron chi connectivity index (χ0n) is 29.2. The van der Waals surface area contributed by atoms with Crippen molar-refractivity contribution in [3.63, 3.8) is 0 Å². The van der Waals surface area contributed by atoms with Crippen molar-refractivity contribution in [1.29, 1.82) is 10.5 Å². The van der Waals surface area contributed by atoms with Crippen molar-refractivity contribution >= 4 is 22.7 Å². The maximum atomic E-state index is 14.2. The number of nitrogens with zero attached hydrogens (tertiary/aromatic N) is 10. The number of rotatable bonds is 8. The Labute approximate surface area is 300 Å². The second-order valence-electron chi connectivity index (χ2n) is 13.4. The molecular formula is C37H39FN12O2. The summed E-state index contributed by atoms with van der Waals surface area (Å²) in [5.41, 5.74) is 4.80. The topological polar surface area (TPSA) is 174 Å². The molecular weight excluding hydrogens is 663 g/mol. The van der Waals surface area contributed by atoms with Gasteiger partial charge >= 0.3 is 0 Å². The number of carbonyl (C=O) groups is 2. The number of hydrogen-bond donors (Lipinski definition) is 2. The smallest absolute Gasteiger partial charge is 0.272 e. The lowest BCUT2D eigenvalue weighted by molar-refractivity contribution is 0.0926. The number of nitriles is 2. The maximum Gasteiger partial charge on any atom is 0.272 e. The Balaban J connectivity index is 0.000000183. The second kappa shape index (κ2) is 15.7. The number of benzene rings is 2. The average molecular weight is 703 g/mol. The van der Waals surface area contributed by atoms with Gasteiger partial charge in [0.25, 0.3) is 11.8 Å². The number of amides is 2. The molecule has 0 unspecified atom stereocenters. The van der Waals surface area contributed by atoms with Crippen molar-refractivity contribution in [2.45, 2.75) is 45.3 Å². The predicted octanol–water partition coefficient (Wildman–Crippen LogP) is 3.95. The summed E-state index contributed by atoms with van der Waals surface area (Å²) in [7, 11) is 1.89. The number of carbonyl (C=O) groups excluding carboxylic acids is 2. The van der Waals surface area contributed by atoms with E-state index >= 15 is 0 Å². The van der Waals surface area contributed by atoms with Gasteiger partial charge in [-0.25, -0.2) is 4.39 Å². The largest absolute Gasteiger partial charge is 0.347 e. The Bertz CT molecular complexity index is 2150. The molecule has 2 N–H and O–H groups in total. The minimum Gasteiger partial charge on any atom is -0.347 e. The van der Waals surface area contributed by atoms with Crippen LogP contribution in [-0.4, -0.2) is 89.6 Å². The van der Waals surface area contributed by atoms with Gasteiger partial charge in [-0.15, -0.1) is 0 Å². The first-order valence-corrected chi connectivity index (χ1v) is 17.1. The van der Waals surface area contributed by atoms with E-state index in [0.29, 0.717) is 49.8 Å². The summed E-state index contributed by atoms with van der Waals surface area (Å²) in [6, 6.07) is 12.0. The summed E-state index contributed by atoms with van der Waals surface area (Å²) in [6.07, 6.45) is 12.5. The minimum absolute atomic E-state index is 0.00817. The predicted molar refractivity (Wildman–Crippen MR) is 190 cm³/mol. The number of nitrogens with one attached hydrogen (secondary N) is 2. The molecule has 0 radical (unpaired) electrons. The first kappa shape index (κ1) is 35.5. The highest BCUT2D eigenvalue weighted by molar-refractivity contribution is 6.05. The Morgan fingerprint density at radius 2 is 1.56 bits per heavy atom. The van der Waals surface area contributed by atoms with Crippen LogP contribution in [0.5, 0.6) is 0 Å². The number of halogens is 1. The van der Waals surface area contributed by atoms with Gasteiger partial charge < -0.3 is 20.4 Å². The Morgan fingerprint density at radius 3 is 2.13 bits per heavy atom. The molecule has 0 saturated carbocycles. The molecule has 2 amide bonds. The molecule has 0 spiro atoms. The average Bonchev–Trinajstić information content (AvgIpc) is 3.96. The van der Waals surface area contributed by atoms with Gasteiger partial charge in [0.1, 0.15) is 5.82 Å². The Morgan fingerprint density at radius 1 is 0.885 bits per heavy atom. The fourth-order valence-corrected chi connectivity index (χ4v) is 6.37. The van der Waals surface area contributed by atoms with E-state index in [2.05, 4.69) is 57.1 Å². The zero-order valence-corrected chi connectivity index (χ0v) is 29.2. The van der Waals surface area contributed by atoms with Crippen molar-refractivity contribution in [1.82, 2.24) is 50.2 Å². The molecule has 15 heteroatoms. The van der Waals surface area contributed by atoms with E-state index in [4.69, 9.17) is 10.5 Å².